The van der Waals surface area contributed by atoms with E-state index in [1.165, 1.54) is 0 Å². The van der Waals surface area contributed by atoms with Crippen LogP contribution < -0.4 is 15.5 Å². The van der Waals surface area contributed by atoms with Gasteiger partial charge in [-0.1, -0.05) is 13.0 Å². The molecule has 186 valence electrons. The van der Waals surface area contributed by atoms with E-state index in [0.29, 0.717) is 6.54 Å². The number of hydrogen-bond donors (Lipinski definition) is 3. The lowest BCUT2D eigenvalue weighted by atomic mass is 9.79. The first kappa shape index (κ1) is 23.5. The van der Waals surface area contributed by atoms with Crippen molar-refractivity contribution >= 4 is 23.4 Å². The molecule has 0 spiro atoms. The number of nitrogens with zero attached hydrogens (tertiary/aromatic N) is 6. The van der Waals surface area contributed by atoms with Crippen LogP contribution in [0.3, 0.4) is 0 Å². The fraction of sp³-hybridized carbons (Fsp3) is 0.346. The first-order valence-electron chi connectivity index (χ1n) is 12.1. The van der Waals surface area contributed by atoms with Gasteiger partial charge in [0.2, 0.25) is 5.91 Å². The predicted molar refractivity (Wildman–Crippen MR) is 138 cm³/mol. The summed E-state index contributed by atoms with van der Waals surface area (Å²) < 4.78 is 1.71. The number of aryl methyl sites for hydroxylation is 2. The number of pyridine rings is 2. The highest BCUT2D eigenvalue weighted by Gasteiger charge is 2.37. The van der Waals surface area contributed by atoms with Crippen molar-refractivity contribution in [2.75, 3.05) is 23.3 Å². The lowest BCUT2D eigenvalue weighted by Crippen LogP contribution is -2.47. The summed E-state index contributed by atoms with van der Waals surface area (Å²) in [6.45, 7) is 8.05. The molecule has 5 heterocycles. The molecule has 5 rings (SSSR count). The van der Waals surface area contributed by atoms with Crippen LogP contribution in [0, 0.1) is 19.3 Å². The molecular formula is C26H31N9O. The van der Waals surface area contributed by atoms with E-state index in [1.807, 2.05) is 43.5 Å². The fourth-order valence-electron chi connectivity index (χ4n) is 4.40. The van der Waals surface area contributed by atoms with Gasteiger partial charge in [0.05, 0.1) is 0 Å². The zero-order valence-corrected chi connectivity index (χ0v) is 20.8. The van der Waals surface area contributed by atoms with Crippen LogP contribution in [0.25, 0.3) is 5.82 Å². The zero-order chi connectivity index (χ0) is 25.1. The molecule has 36 heavy (non-hydrogen) atoms. The normalized spacial score (nSPS) is 15.0. The molecular weight excluding hydrogens is 454 g/mol. The molecule has 3 N–H and O–H groups in total. The van der Waals surface area contributed by atoms with Crippen LogP contribution >= 0.6 is 0 Å². The number of carbonyl (C=O) groups excluding carboxylic acids is 1. The molecule has 0 aromatic carbocycles. The van der Waals surface area contributed by atoms with Crippen LogP contribution in [0.5, 0.6) is 0 Å². The third-order valence-corrected chi connectivity index (χ3v) is 6.66. The van der Waals surface area contributed by atoms with Gasteiger partial charge in [-0.15, -0.1) is 0 Å². The predicted octanol–water partition coefficient (Wildman–Crippen LogP) is 3.67. The molecule has 0 radical (unpaired) electrons. The molecule has 0 bridgehead atoms. The number of piperidine rings is 1. The maximum absolute atomic E-state index is 13.1. The lowest BCUT2D eigenvalue weighted by Gasteiger charge is -2.39. The van der Waals surface area contributed by atoms with E-state index in [-0.39, 0.29) is 5.91 Å². The van der Waals surface area contributed by atoms with E-state index in [1.54, 1.807) is 17.1 Å². The van der Waals surface area contributed by atoms with Gasteiger partial charge in [-0.3, -0.25) is 9.89 Å². The maximum atomic E-state index is 13.1. The maximum Gasteiger partial charge on any atom is 0.226 e. The molecule has 0 unspecified atom stereocenters. The Morgan fingerprint density at radius 2 is 1.94 bits per heavy atom. The summed E-state index contributed by atoms with van der Waals surface area (Å²) in [4.78, 5) is 24.6. The minimum Gasteiger partial charge on any atom is -0.356 e. The second kappa shape index (κ2) is 9.80. The van der Waals surface area contributed by atoms with E-state index in [0.717, 1.165) is 66.0 Å². The Hall–Kier alpha value is -4.21. The zero-order valence-electron chi connectivity index (χ0n) is 20.8. The highest BCUT2D eigenvalue weighted by molar-refractivity contribution is 5.82. The number of aromatic amines is 1. The van der Waals surface area contributed by atoms with Crippen molar-refractivity contribution in [1.82, 2.24) is 35.3 Å². The molecule has 1 amide bonds. The number of nitrogens with one attached hydrogen (secondary N) is 3. The first-order valence-corrected chi connectivity index (χ1v) is 12.1. The molecule has 0 saturated carbocycles. The number of amides is 1. The van der Waals surface area contributed by atoms with Gasteiger partial charge in [0.15, 0.2) is 11.6 Å². The molecule has 1 fully saturated rings. The molecule has 1 aliphatic heterocycles. The third kappa shape index (κ3) is 5.22. The number of hydrogen-bond acceptors (Lipinski definition) is 7. The van der Waals surface area contributed by atoms with Gasteiger partial charge in [-0.25, -0.2) is 14.6 Å². The standard InChI is InChI=1S/C26H31N9O/c1-18-13-21(30-22-15-19(2)32-33-22)31-24(14-18)34-11-7-26(3,8-12-34)25(36)28-17-20-5-6-23(27-16-20)35-10-4-9-29-35/h4-6,9-10,13-16H,7-8,11-12,17H2,1-3H3,(H,28,36)(H2,30,31,32,33). The fourth-order valence-corrected chi connectivity index (χ4v) is 4.40. The van der Waals surface area contributed by atoms with Crippen molar-refractivity contribution < 1.29 is 4.79 Å². The number of anilines is 3. The largest absolute Gasteiger partial charge is 0.356 e. The molecule has 0 atom stereocenters. The average Bonchev–Trinajstić information content (AvgIpc) is 3.55. The summed E-state index contributed by atoms with van der Waals surface area (Å²) in [5, 5.41) is 17.7. The van der Waals surface area contributed by atoms with E-state index >= 15 is 0 Å². The second-order valence-corrected chi connectivity index (χ2v) is 9.65. The van der Waals surface area contributed by atoms with Gasteiger partial charge >= 0.3 is 0 Å². The van der Waals surface area contributed by atoms with Crippen LogP contribution in [0.2, 0.25) is 0 Å². The summed E-state index contributed by atoms with van der Waals surface area (Å²) in [6, 6.07) is 11.8. The van der Waals surface area contributed by atoms with E-state index in [4.69, 9.17) is 4.98 Å². The lowest BCUT2D eigenvalue weighted by molar-refractivity contribution is -0.131. The van der Waals surface area contributed by atoms with Crippen LogP contribution in [-0.2, 0) is 11.3 Å². The smallest absolute Gasteiger partial charge is 0.226 e. The molecule has 10 heteroatoms. The Morgan fingerprint density at radius 1 is 1.11 bits per heavy atom. The van der Waals surface area contributed by atoms with Crippen LogP contribution in [0.4, 0.5) is 17.5 Å². The Kier molecular flexibility index (Phi) is 6.41. The van der Waals surface area contributed by atoms with Crippen LogP contribution in [-0.4, -0.2) is 48.9 Å². The van der Waals surface area contributed by atoms with Crippen LogP contribution in [0.15, 0.2) is 55.0 Å². The van der Waals surface area contributed by atoms with Crippen molar-refractivity contribution in [3.8, 4) is 5.82 Å². The number of H-pyrrole nitrogens is 1. The van der Waals surface area contributed by atoms with E-state index in [9.17, 15) is 4.79 Å². The average molecular weight is 486 g/mol. The van der Waals surface area contributed by atoms with Gasteiger partial charge in [0.1, 0.15) is 11.6 Å². The van der Waals surface area contributed by atoms with E-state index in [2.05, 4.69) is 55.7 Å². The Bertz CT molecular complexity index is 1320. The molecule has 1 saturated heterocycles. The van der Waals surface area contributed by atoms with Gasteiger partial charge in [0.25, 0.3) is 0 Å². The molecule has 4 aromatic rings. The van der Waals surface area contributed by atoms with Gasteiger partial charge in [-0.05, 0) is 62.1 Å². The summed E-state index contributed by atoms with van der Waals surface area (Å²) in [7, 11) is 0. The van der Waals surface area contributed by atoms with Crippen molar-refractivity contribution in [1.29, 1.82) is 0 Å². The van der Waals surface area contributed by atoms with Gasteiger partial charge in [0, 0.05) is 55.4 Å². The number of aromatic nitrogens is 6. The highest BCUT2D eigenvalue weighted by atomic mass is 16.2. The molecule has 10 nitrogen and oxygen atoms in total. The Balaban J connectivity index is 1.17. The molecule has 0 aliphatic carbocycles. The minimum atomic E-state index is -0.420. The van der Waals surface area contributed by atoms with E-state index < -0.39 is 5.41 Å². The SMILES string of the molecule is Cc1cc(Nc2cc(C)[nH]n2)nc(N2CCC(C)(C(=O)NCc3ccc(-n4cccn4)nc3)CC2)c1. The van der Waals surface area contributed by atoms with Crippen molar-refractivity contribution in [2.45, 2.75) is 40.2 Å². The van der Waals surface area contributed by atoms with Crippen molar-refractivity contribution in [3.05, 3.63) is 71.8 Å². The quantitative estimate of drug-likeness (QED) is 0.366. The van der Waals surface area contributed by atoms with Gasteiger partial charge in [-0.2, -0.15) is 10.2 Å². The Morgan fingerprint density at radius 3 is 2.61 bits per heavy atom. The third-order valence-electron chi connectivity index (χ3n) is 6.66. The summed E-state index contributed by atoms with van der Waals surface area (Å²) in [5.41, 5.74) is 2.64. The summed E-state index contributed by atoms with van der Waals surface area (Å²) in [5.74, 6) is 3.24. The van der Waals surface area contributed by atoms with Gasteiger partial charge < -0.3 is 15.5 Å². The molecule has 4 aromatic heterocycles. The van der Waals surface area contributed by atoms with Crippen molar-refractivity contribution in [3.63, 3.8) is 0 Å². The summed E-state index contributed by atoms with van der Waals surface area (Å²) in [6.07, 6.45) is 6.86. The van der Waals surface area contributed by atoms with Crippen LogP contribution in [0.1, 0.15) is 36.6 Å². The monoisotopic (exact) mass is 485 g/mol. The second-order valence-electron chi connectivity index (χ2n) is 9.65. The first-order chi connectivity index (χ1) is 17.4. The number of carbonyl (C=O) groups is 1. The Labute approximate surface area is 210 Å². The van der Waals surface area contributed by atoms with Crippen molar-refractivity contribution in [2.24, 2.45) is 5.41 Å². The molecule has 1 aliphatic rings. The summed E-state index contributed by atoms with van der Waals surface area (Å²) >= 11 is 0. The highest BCUT2D eigenvalue weighted by Crippen LogP contribution is 2.33. The number of rotatable bonds is 7. The topological polar surface area (TPSA) is 117 Å². The minimum absolute atomic E-state index is 0.0757.